The predicted octanol–water partition coefficient (Wildman–Crippen LogP) is 4.74. The molecule has 2 N–H and O–H groups in total. The summed E-state index contributed by atoms with van der Waals surface area (Å²) in [6, 6.07) is 16.0. The Morgan fingerprint density at radius 3 is 2.27 bits per heavy atom. The van der Waals surface area contributed by atoms with Gasteiger partial charge in [0.05, 0.1) is 9.80 Å². The maximum atomic E-state index is 12.8. The smallest absolute Gasteiger partial charge is 0.293 e. The Bertz CT molecular complexity index is 1380. The molecular weight excluding hydrogens is 548 g/mol. The van der Waals surface area contributed by atoms with Gasteiger partial charge in [-0.25, -0.2) is 0 Å². The second-order valence-electron chi connectivity index (χ2n) is 9.72. The number of nitro benzene ring substituents is 1. The van der Waals surface area contributed by atoms with Crippen molar-refractivity contribution in [3.63, 3.8) is 0 Å². The van der Waals surface area contributed by atoms with Crippen LogP contribution in [-0.2, 0) is 0 Å². The fourth-order valence-electron chi connectivity index (χ4n) is 5.03. The van der Waals surface area contributed by atoms with Crippen molar-refractivity contribution < 1.29 is 14.5 Å². The lowest BCUT2D eigenvalue weighted by atomic mass is 10.1. The molecule has 0 spiro atoms. The SMILES string of the molecule is O=C(NC(=S)Nc1ccc(N2CCN(C(=O)c3cccs3)CC2)cc1)c1ccc(N2CCCCC2)c([N+](=O)[O-])c1. The average molecular weight is 579 g/mol. The lowest BCUT2D eigenvalue weighted by molar-refractivity contribution is -0.384. The summed E-state index contributed by atoms with van der Waals surface area (Å²) in [4.78, 5) is 43.5. The quantitative estimate of drug-likeness (QED) is 0.245. The number of carbonyl (C=O) groups is 2. The topological polar surface area (TPSA) is 111 Å². The van der Waals surface area contributed by atoms with Gasteiger partial charge in [0.25, 0.3) is 17.5 Å². The molecule has 2 amide bonds. The molecule has 10 nitrogen and oxygen atoms in total. The van der Waals surface area contributed by atoms with E-state index in [0.717, 1.165) is 56.0 Å². The van der Waals surface area contributed by atoms with Crippen molar-refractivity contribution in [3.8, 4) is 0 Å². The third kappa shape index (κ3) is 6.40. The number of benzene rings is 2. The van der Waals surface area contributed by atoms with Crippen molar-refractivity contribution in [2.45, 2.75) is 19.3 Å². The summed E-state index contributed by atoms with van der Waals surface area (Å²) in [7, 11) is 0. The highest BCUT2D eigenvalue weighted by molar-refractivity contribution is 7.80. The minimum atomic E-state index is -0.516. The van der Waals surface area contributed by atoms with E-state index in [2.05, 4.69) is 15.5 Å². The molecule has 1 aromatic heterocycles. The van der Waals surface area contributed by atoms with Crippen LogP contribution in [0.1, 0.15) is 39.3 Å². The van der Waals surface area contributed by atoms with E-state index in [4.69, 9.17) is 12.2 Å². The number of rotatable bonds is 6. The van der Waals surface area contributed by atoms with Crippen molar-refractivity contribution in [1.82, 2.24) is 10.2 Å². The van der Waals surface area contributed by atoms with Crippen molar-refractivity contribution >= 4 is 63.2 Å². The average Bonchev–Trinajstić information content (AvgIpc) is 3.52. The molecule has 0 saturated carbocycles. The molecule has 0 atom stereocenters. The molecule has 2 fully saturated rings. The lowest BCUT2D eigenvalue weighted by Crippen LogP contribution is -2.48. The van der Waals surface area contributed by atoms with Gasteiger partial charge in [-0.1, -0.05) is 6.07 Å². The Morgan fingerprint density at radius 1 is 0.900 bits per heavy atom. The summed E-state index contributed by atoms with van der Waals surface area (Å²) >= 11 is 6.78. The van der Waals surface area contributed by atoms with Gasteiger partial charge in [0, 0.05) is 62.3 Å². The number of carbonyl (C=O) groups excluding carboxylic acids is 2. The number of hydrogen-bond acceptors (Lipinski definition) is 8. The van der Waals surface area contributed by atoms with Crippen LogP contribution in [0, 0.1) is 10.1 Å². The van der Waals surface area contributed by atoms with Crippen LogP contribution >= 0.6 is 23.6 Å². The predicted molar refractivity (Wildman–Crippen MR) is 162 cm³/mol. The summed E-state index contributed by atoms with van der Waals surface area (Å²) < 4.78 is 0. The molecule has 40 heavy (non-hydrogen) atoms. The van der Waals surface area contributed by atoms with Gasteiger partial charge in [0.2, 0.25) is 0 Å². The normalized spacial score (nSPS) is 15.4. The minimum Gasteiger partial charge on any atom is -0.368 e. The Labute approximate surface area is 241 Å². The zero-order valence-electron chi connectivity index (χ0n) is 21.9. The Morgan fingerprint density at radius 2 is 1.62 bits per heavy atom. The zero-order valence-corrected chi connectivity index (χ0v) is 23.5. The van der Waals surface area contributed by atoms with Crippen LogP contribution in [0.15, 0.2) is 60.0 Å². The number of nitro groups is 1. The van der Waals surface area contributed by atoms with Crippen LogP contribution in [0.2, 0.25) is 0 Å². The molecule has 0 aliphatic carbocycles. The zero-order chi connectivity index (χ0) is 28.1. The Balaban J connectivity index is 1.14. The first kappa shape index (κ1) is 27.5. The monoisotopic (exact) mass is 578 g/mol. The van der Waals surface area contributed by atoms with E-state index in [1.807, 2.05) is 51.6 Å². The van der Waals surface area contributed by atoms with E-state index in [-0.39, 0.29) is 22.3 Å². The molecule has 12 heteroatoms. The van der Waals surface area contributed by atoms with Crippen molar-refractivity contribution in [3.05, 3.63) is 80.5 Å². The van der Waals surface area contributed by atoms with Crippen LogP contribution in [-0.4, -0.2) is 66.0 Å². The first-order valence-electron chi connectivity index (χ1n) is 13.2. The van der Waals surface area contributed by atoms with Gasteiger partial charge in [-0.15, -0.1) is 11.3 Å². The van der Waals surface area contributed by atoms with Gasteiger partial charge in [-0.2, -0.15) is 0 Å². The van der Waals surface area contributed by atoms with Crippen LogP contribution < -0.4 is 20.4 Å². The summed E-state index contributed by atoms with van der Waals surface area (Å²) in [6.07, 6.45) is 3.11. The molecule has 2 aliphatic heterocycles. The van der Waals surface area contributed by atoms with Crippen molar-refractivity contribution in [2.75, 3.05) is 54.4 Å². The number of nitrogens with one attached hydrogen (secondary N) is 2. The maximum absolute atomic E-state index is 12.8. The van der Waals surface area contributed by atoms with Gasteiger partial charge in [-0.3, -0.25) is 25.0 Å². The number of amides is 2. The lowest BCUT2D eigenvalue weighted by Gasteiger charge is -2.36. The molecule has 5 rings (SSSR count). The van der Waals surface area contributed by atoms with E-state index in [9.17, 15) is 19.7 Å². The Hall–Kier alpha value is -4.03. The standard InChI is InChI=1S/C28H30N6O4S2/c35-26(20-6-11-23(24(19-20)34(37)38)32-12-2-1-3-13-32)30-28(39)29-21-7-9-22(10-8-21)31-14-16-33(17-15-31)27(36)25-5-4-18-40-25/h4-11,18-19H,1-3,12-17H2,(H2,29,30,35,39). The highest BCUT2D eigenvalue weighted by atomic mass is 32.1. The number of thiocarbonyl (C=S) groups is 1. The largest absolute Gasteiger partial charge is 0.368 e. The number of hydrogen-bond donors (Lipinski definition) is 2. The first-order valence-corrected chi connectivity index (χ1v) is 14.5. The molecule has 0 bridgehead atoms. The van der Waals surface area contributed by atoms with E-state index in [0.29, 0.717) is 24.5 Å². The fourth-order valence-corrected chi connectivity index (χ4v) is 5.93. The molecule has 2 aliphatic rings. The van der Waals surface area contributed by atoms with Gasteiger partial charge >= 0.3 is 0 Å². The van der Waals surface area contributed by atoms with Gasteiger partial charge in [0.1, 0.15) is 5.69 Å². The molecule has 2 saturated heterocycles. The minimum absolute atomic E-state index is 0.0808. The first-order chi connectivity index (χ1) is 19.4. The van der Waals surface area contributed by atoms with Crippen LogP contribution in [0.5, 0.6) is 0 Å². The number of anilines is 3. The molecule has 0 unspecified atom stereocenters. The summed E-state index contributed by atoms with van der Waals surface area (Å²) in [5.41, 5.74) is 2.36. The fraction of sp³-hybridized carbons (Fsp3) is 0.321. The molecular formula is C28H30N6O4S2. The molecule has 0 radical (unpaired) electrons. The summed E-state index contributed by atoms with van der Waals surface area (Å²) in [6.45, 7) is 4.32. The number of thiophene rings is 1. The highest BCUT2D eigenvalue weighted by Crippen LogP contribution is 2.31. The third-order valence-electron chi connectivity index (χ3n) is 7.15. The van der Waals surface area contributed by atoms with E-state index in [1.165, 1.54) is 17.4 Å². The maximum Gasteiger partial charge on any atom is 0.293 e. The van der Waals surface area contributed by atoms with Gasteiger partial charge in [-0.05, 0) is 79.3 Å². The van der Waals surface area contributed by atoms with E-state index in [1.54, 1.807) is 12.1 Å². The Kier molecular flexibility index (Phi) is 8.56. The summed E-state index contributed by atoms with van der Waals surface area (Å²) in [5.74, 6) is -0.435. The number of nitrogens with zero attached hydrogens (tertiary/aromatic N) is 4. The summed E-state index contributed by atoms with van der Waals surface area (Å²) in [5, 5.41) is 19.3. The van der Waals surface area contributed by atoms with Crippen molar-refractivity contribution in [1.29, 1.82) is 0 Å². The number of piperazine rings is 1. The molecule has 208 valence electrons. The van der Waals surface area contributed by atoms with Crippen LogP contribution in [0.25, 0.3) is 0 Å². The van der Waals surface area contributed by atoms with E-state index < -0.39 is 10.8 Å². The molecule has 3 aromatic rings. The second kappa shape index (κ2) is 12.4. The van der Waals surface area contributed by atoms with Crippen LogP contribution in [0.3, 0.4) is 0 Å². The van der Waals surface area contributed by atoms with Gasteiger partial charge in [0.15, 0.2) is 5.11 Å². The van der Waals surface area contributed by atoms with Gasteiger partial charge < -0.3 is 20.0 Å². The third-order valence-corrected chi connectivity index (χ3v) is 8.21. The van der Waals surface area contributed by atoms with E-state index >= 15 is 0 Å². The highest BCUT2D eigenvalue weighted by Gasteiger charge is 2.24. The van der Waals surface area contributed by atoms with Crippen molar-refractivity contribution in [2.24, 2.45) is 0 Å². The second-order valence-corrected chi connectivity index (χ2v) is 11.1. The molecule has 2 aromatic carbocycles. The molecule has 3 heterocycles. The number of piperidine rings is 1. The van der Waals surface area contributed by atoms with Crippen LogP contribution in [0.4, 0.5) is 22.7 Å².